The van der Waals surface area contributed by atoms with Crippen molar-refractivity contribution in [1.82, 2.24) is 5.32 Å². The number of hydrogen-bond donors (Lipinski definition) is 1. The summed E-state index contributed by atoms with van der Waals surface area (Å²) >= 11 is 0. The zero-order valence-electron chi connectivity index (χ0n) is 9.14. The summed E-state index contributed by atoms with van der Waals surface area (Å²) in [5.74, 6) is -0.142. The molecule has 0 saturated carbocycles. The predicted molar refractivity (Wildman–Crippen MR) is 55.2 cm³/mol. The molecule has 1 aromatic carbocycles. The number of para-hydroxylation sites is 1. The molecular weight excluding hydrogens is 219 g/mol. The Hall–Kier alpha value is -1.23. The lowest BCUT2D eigenvalue weighted by molar-refractivity contribution is -0.275. The Labute approximate surface area is 92.4 Å². The first kappa shape index (κ1) is 12.8. The standard InChI is InChI=1S/C11H14F3NO/c1-3-9(15-2)8-6-4-5-7-10(8)16-11(12,13)14/h4-7,9,15H,3H2,1-2H3/t9-/m1/s1. The van der Waals surface area contributed by atoms with E-state index in [-0.39, 0.29) is 11.8 Å². The van der Waals surface area contributed by atoms with Gasteiger partial charge in [0.2, 0.25) is 0 Å². The molecule has 0 spiro atoms. The minimum Gasteiger partial charge on any atom is -0.405 e. The first-order valence-electron chi connectivity index (χ1n) is 5.00. The highest BCUT2D eigenvalue weighted by molar-refractivity contribution is 5.36. The second-order valence-electron chi connectivity index (χ2n) is 3.34. The Morgan fingerprint density at radius 1 is 1.31 bits per heavy atom. The molecule has 0 aliphatic heterocycles. The summed E-state index contributed by atoms with van der Waals surface area (Å²) in [7, 11) is 1.71. The number of alkyl halides is 3. The van der Waals surface area contributed by atoms with E-state index in [9.17, 15) is 13.2 Å². The van der Waals surface area contributed by atoms with Gasteiger partial charge in [0.25, 0.3) is 0 Å². The van der Waals surface area contributed by atoms with Crippen molar-refractivity contribution in [2.24, 2.45) is 0 Å². The van der Waals surface area contributed by atoms with E-state index in [1.54, 1.807) is 19.2 Å². The first-order chi connectivity index (χ1) is 7.48. The van der Waals surface area contributed by atoms with Gasteiger partial charge in [-0.2, -0.15) is 0 Å². The number of rotatable bonds is 4. The largest absolute Gasteiger partial charge is 0.573 e. The lowest BCUT2D eigenvalue weighted by atomic mass is 10.0. The van der Waals surface area contributed by atoms with Gasteiger partial charge in [0.05, 0.1) is 0 Å². The highest BCUT2D eigenvalue weighted by Crippen LogP contribution is 2.31. The SMILES string of the molecule is CC[C@@H](NC)c1ccccc1OC(F)(F)F. The average molecular weight is 233 g/mol. The Morgan fingerprint density at radius 2 is 1.94 bits per heavy atom. The summed E-state index contributed by atoms with van der Waals surface area (Å²) in [6.07, 6.45) is -3.96. The molecule has 5 heteroatoms. The van der Waals surface area contributed by atoms with Crippen molar-refractivity contribution >= 4 is 0 Å². The fourth-order valence-electron chi connectivity index (χ4n) is 1.57. The summed E-state index contributed by atoms with van der Waals surface area (Å²) in [5.41, 5.74) is 0.518. The molecule has 1 atom stereocenters. The summed E-state index contributed by atoms with van der Waals surface area (Å²) in [6.45, 7) is 1.89. The maximum atomic E-state index is 12.2. The third-order valence-electron chi connectivity index (χ3n) is 2.28. The second-order valence-corrected chi connectivity index (χ2v) is 3.34. The van der Waals surface area contributed by atoms with Crippen LogP contribution in [0.2, 0.25) is 0 Å². The van der Waals surface area contributed by atoms with E-state index in [0.29, 0.717) is 12.0 Å². The van der Waals surface area contributed by atoms with Gasteiger partial charge in [0.1, 0.15) is 5.75 Å². The molecule has 1 aromatic rings. The normalized spacial score (nSPS) is 13.6. The molecule has 0 fully saturated rings. The van der Waals surface area contributed by atoms with Gasteiger partial charge in [-0.1, -0.05) is 25.1 Å². The molecule has 0 bridgehead atoms. The van der Waals surface area contributed by atoms with Crippen LogP contribution >= 0.6 is 0 Å². The monoisotopic (exact) mass is 233 g/mol. The van der Waals surface area contributed by atoms with Gasteiger partial charge in [-0.25, -0.2) is 0 Å². The van der Waals surface area contributed by atoms with Crippen LogP contribution in [0.1, 0.15) is 24.9 Å². The van der Waals surface area contributed by atoms with Crippen molar-refractivity contribution in [3.63, 3.8) is 0 Å². The maximum Gasteiger partial charge on any atom is 0.573 e. The summed E-state index contributed by atoms with van der Waals surface area (Å²) in [6, 6.07) is 6.03. The average Bonchev–Trinajstić information content (AvgIpc) is 2.20. The molecule has 0 radical (unpaired) electrons. The van der Waals surface area contributed by atoms with Gasteiger partial charge >= 0.3 is 6.36 Å². The maximum absolute atomic E-state index is 12.2. The summed E-state index contributed by atoms with van der Waals surface area (Å²) < 4.78 is 40.4. The molecule has 0 aliphatic rings. The Balaban J connectivity index is 3.00. The molecule has 0 heterocycles. The minimum atomic E-state index is -4.65. The van der Waals surface area contributed by atoms with Crippen LogP contribution in [0.25, 0.3) is 0 Å². The fourth-order valence-corrected chi connectivity index (χ4v) is 1.57. The number of benzene rings is 1. The Bertz CT molecular complexity index is 334. The molecule has 0 unspecified atom stereocenters. The van der Waals surface area contributed by atoms with Gasteiger partial charge in [0.15, 0.2) is 0 Å². The first-order valence-corrected chi connectivity index (χ1v) is 5.00. The number of halogens is 3. The number of nitrogens with one attached hydrogen (secondary N) is 1. The predicted octanol–water partition coefficient (Wildman–Crippen LogP) is 3.26. The molecule has 0 aromatic heterocycles. The molecular formula is C11H14F3NO. The zero-order chi connectivity index (χ0) is 12.2. The second kappa shape index (κ2) is 5.21. The van der Waals surface area contributed by atoms with Crippen LogP contribution in [0.3, 0.4) is 0 Å². The van der Waals surface area contributed by atoms with E-state index in [4.69, 9.17) is 0 Å². The summed E-state index contributed by atoms with van der Waals surface area (Å²) in [4.78, 5) is 0. The van der Waals surface area contributed by atoms with Crippen LogP contribution in [0, 0.1) is 0 Å². The number of hydrogen-bond acceptors (Lipinski definition) is 2. The molecule has 16 heavy (non-hydrogen) atoms. The van der Waals surface area contributed by atoms with Crippen molar-refractivity contribution in [3.05, 3.63) is 29.8 Å². The smallest absolute Gasteiger partial charge is 0.405 e. The van der Waals surface area contributed by atoms with Crippen LogP contribution < -0.4 is 10.1 Å². The van der Waals surface area contributed by atoms with E-state index in [1.165, 1.54) is 12.1 Å². The zero-order valence-corrected chi connectivity index (χ0v) is 9.14. The molecule has 0 aliphatic carbocycles. The topological polar surface area (TPSA) is 21.3 Å². The van der Waals surface area contributed by atoms with Gasteiger partial charge in [0, 0.05) is 11.6 Å². The highest BCUT2D eigenvalue weighted by Gasteiger charge is 2.32. The highest BCUT2D eigenvalue weighted by atomic mass is 19.4. The van der Waals surface area contributed by atoms with Crippen molar-refractivity contribution in [3.8, 4) is 5.75 Å². The van der Waals surface area contributed by atoms with E-state index in [1.807, 2.05) is 6.92 Å². The molecule has 1 N–H and O–H groups in total. The van der Waals surface area contributed by atoms with E-state index < -0.39 is 6.36 Å². The van der Waals surface area contributed by atoms with Gasteiger partial charge in [-0.3, -0.25) is 0 Å². The van der Waals surface area contributed by atoms with Crippen LogP contribution in [0.15, 0.2) is 24.3 Å². The summed E-state index contributed by atoms with van der Waals surface area (Å²) in [5, 5.41) is 2.95. The van der Waals surface area contributed by atoms with Crippen molar-refractivity contribution in [1.29, 1.82) is 0 Å². The fraction of sp³-hybridized carbons (Fsp3) is 0.455. The molecule has 90 valence electrons. The molecule has 1 rings (SSSR count). The Kier molecular flexibility index (Phi) is 4.18. The minimum absolute atomic E-state index is 0.140. The van der Waals surface area contributed by atoms with Crippen LogP contribution in [-0.4, -0.2) is 13.4 Å². The number of ether oxygens (including phenoxy) is 1. The lowest BCUT2D eigenvalue weighted by Gasteiger charge is -2.19. The lowest BCUT2D eigenvalue weighted by Crippen LogP contribution is -2.21. The molecule has 0 amide bonds. The molecule has 2 nitrogen and oxygen atoms in total. The quantitative estimate of drug-likeness (QED) is 0.861. The molecule has 0 saturated heterocycles. The van der Waals surface area contributed by atoms with Crippen LogP contribution in [0.5, 0.6) is 5.75 Å². The van der Waals surface area contributed by atoms with E-state index in [0.717, 1.165) is 0 Å². The van der Waals surface area contributed by atoms with E-state index in [2.05, 4.69) is 10.1 Å². The van der Waals surface area contributed by atoms with Gasteiger partial charge < -0.3 is 10.1 Å². The third kappa shape index (κ3) is 3.41. The van der Waals surface area contributed by atoms with Gasteiger partial charge in [-0.15, -0.1) is 13.2 Å². The Morgan fingerprint density at radius 3 is 2.44 bits per heavy atom. The van der Waals surface area contributed by atoms with Crippen molar-refractivity contribution in [2.75, 3.05) is 7.05 Å². The third-order valence-corrected chi connectivity index (χ3v) is 2.28. The van der Waals surface area contributed by atoms with Gasteiger partial charge in [-0.05, 0) is 19.5 Å². The van der Waals surface area contributed by atoms with Crippen molar-refractivity contribution < 1.29 is 17.9 Å². The van der Waals surface area contributed by atoms with Crippen molar-refractivity contribution in [2.45, 2.75) is 25.7 Å². The van der Waals surface area contributed by atoms with E-state index >= 15 is 0 Å². The van der Waals surface area contributed by atoms with Crippen LogP contribution in [-0.2, 0) is 0 Å². The van der Waals surface area contributed by atoms with Crippen LogP contribution in [0.4, 0.5) is 13.2 Å².